The summed E-state index contributed by atoms with van der Waals surface area (Å²) in [6, 6.07) is 0. The van der Waals surface area contributed by atoms with Gasteiger partial charge in [-0.1, -0.05) is 0 Å². The van der Waals surface area contributed by atoms with Crippen LogP contribution in [0.25, 0.3) is 0 Å². The lowest BCUT2D eigenvalue weighted by Gasteiger charge is -2.31. The lowest BCUT2D eigenvalue weighted by atomic mass is 10.1. The van der Waals surface area contributed by atoms with E-state index in [1.165, 1.54) is 0 Å². The molecule has 0 aromatic rings. The fourth-order valence-electron chi connectivity index (χ4n) is 2.21. The van der Waals surface area contributed by atoms with Crippen LogP contribution in [0.5, 0.6) is 0 Å². The summed E-state index contributed by atoms with van der Waals surface area (Å²) in [5.41, 5.74) is -0.704. The summed E-state index contributed by atoms with van der Waals surface area (Å²) < 4.78 is 29.7. The Labute approximate surface area is 162 Å². The van der Waals surface area contributed by atoms with Crippen LogP contribution in [0.4, 0.5) is 0 Å². The summed E-state index contributed by atoms with van der Waals surface area (Å²) >= 11 is 0. The van der Waals surface area contributed by atoms with Crippen LogP contribution in [0, 0.1) is 0 Å². The highest BCUT2D eigenvalue weighted by molar-refractivity contribution is 4.70. The number of hydrogen-bond donors (Lipinski definition) is 0. The van der Waals surface area contributed by atoms with E-state index < -0.39 is 0 Å². The van der Waals surface area contributed by atoms with Crippen molar-refractivity contribution in [1.82, 2.24) is 0 Å². The summed E-state index contributed by atoms with van der Waals surface area (Å²) in [7, 11) is 0. The molecule has 0 aliphatic heterocycles. The highest BCUT2D eigenvalue weighted by atomic mass is 16.6. The van der Waals surface area contributed by atoms with E-state index in [2.05, 4.69) is 0 Å². The molecule has 0 N–H and O–H groups in total. The second-order valence-corrected chi connectivity index (χ2v) is 10.0. The zero-order chi connectivity index (χ0) is 20.6. The van der Waals surface area contributed by atoms with Gasteiger partial charge >= 0.3 is 0 Å². The Morgan fingerprint density at radius 3 is 1.35 bits per heavy atom. The first-order chi connectivity index (χ1) is 11.6. The van der Waals surface area contributed by atoms with E-state index in [-0.39, 0.29) is 35.1 Å². The number of hydrogen-bond acceptors (Lipinski definition) is 5. The van der Waals surface area contributed by atoms with E-state index in [9.17, 15) is 0 Å². The summed E-state index contributed by atoms with van der Waals surface area (Å²) in [4.78, 5) is 0. The van der Waals surface area contributed by atoms with Crippen LogP contribution < -0.4 is 0 Å². The predicted molar refractivity (Wildman–Crippen MR) is 107 cm³/mol. The van der Waals surface area contributed by atoms with Gasteiger partial charge in [0.1, 0.15) is 12.2 Å². The maximum Gasteiger partial charge on any atom is 0.105 e. The van der Waals surface area contributed by atoms with Gasteiger partial charge < -0.3 is 23.7 Å². The van der Waals surface area contributed by atoms with Gasteiger partial charge in [0.2, 0.25) is 0 Å². The van der Waals surface area contributed by atoms with Crippen molar-refractivity contribution in [3.63, 3.8) is 0 Å². The first-order valence-electron chi connectivity index (χ1n) is 9.76. The lowest BCUT2D eigenvalue weighted by Crippen LogP contribution is -2.39. The molecule has 0 rings (SSSR count). The SMILES string of the molecule is CC(C)OCC(COCC(COC(C)(C)C)OC(C)(C)C)OC(C)(C)C. The Bertz CT molecular complexity index is 360. The molecule has 2 atom stereocenters. The Kier molecular flexibility index (Phi) is 10.9. The molecule has 5 nitrogen and oxygen atoms in total. The van der Waals surface area contributed by atoms with Gasteiger partial charge in [-0.05, 0) is 76.2 Å². The lowest BCUT2D eigenvalue weighted by molar-refractivity contribution is -0.160. The molecule has 0 saturated carbocycles. The highest BCUT2D eigenvalue weighted by Gasteiger charge is 2.24. The third-order valence-corrected chi connectivity index (χ3v) is 2.97. The average Bonchev–Trinajstić information content (AvgIpc) is 2.37. The molecule has 0 aromatic heterocycles. The van der Waals surface area contributed by atoms with Crippen molar-refractivity contribution >= 4 is 0 Å². The smallest absolute Gasteiger partial charge is 0.105 e. The molecule has 26 heavy (non-hydrogen) atoms. The van der Waals surface area contributed by atoms with Crippen molar-refractivity contribution in [2.45, 2.75) is 111 Å². The molecule has 0 heterocycles. The number of rotatable bonds is 11. The Balaban J connectivity index is 4.62. The molecule has 158 valence electrons. The first-order valence-corrected chi connectivity index (χ1v) is 9.76. The molecule has 2 unspecified atom stereocenters. The van der Waals surface area contributed by atoms with Gasteiger partial charge in [-0.2, -0.15) is 0 Å². The third kappa shape index (κ3) is 17.2. The van der Waals surface area contributed by atoms with E-state index in [0.29, 0.717) is 26.4 Å². The van der Waals surface area contributed by atoms with Crippen LogP contribution in [-0.2, 0) is 23.7 Å². The van der Waals surface area contributed by atoms with Crippen LogP contribution in [0.3, 0.4) is 0 Å². The van der Waals surface area contributed by atoms with E-state index >= 15 is 0 Å². The van der Waals surface area contributed by atoms with Gasteiger partial charge in [-0.3, -0.25) is 0 Å². The van der Waals surface area contributed by atoms with E-state index in [1.807, 2.05) is 76.2 Å². The minimum Gasteiger partial charge on any atom is -0.376 e. The molecule has 0 amide bonds. The summed E-state index contributed by atoms with van der Waals surface area (Å²) in [5.74, 6) is 0. The van der Waals surface area contributed by atoms with Crippen LogP contribution in [-0.4, -0.2) is 61.5 Å². The Morgan fingerprint density at radius 1 is 0.577 bits per heavy atom. The molecule has 0 radical (unpaired) electrons. The quantitative estimate of drug-likeness (QED) is 0.527. The molecule has 0 spiro atoms. The van der Waals surface area contributed by atoms with Crippen molar-refractivity contribution in [1.29, 1.82) is 0 Å². The van der Waals surface area contributed by atoms with Crippen LogP contribution in [0.1, 0.15) is 76.2 Å². The second kappa shape index (κ2) is 11.0. The highest BCUT2D eigenvalue weighted by Crippen LogP contribution is 2.16. The van der Waals surface area contributed by atoms with E-state index in [0.717, 1.165) is 0 Å². The Hall–Kier alpha value is -0.200. The standard InChI is InChI=1S/C21H44O5/c1-16(2)23-14-17(25-20(6,7)8)12-22-13-18(26-21(9,10)11)15-24-19(3,4)5/h16-18H,12-15H2,1-11H3. The third-order valence-electron chi connectivity index (χ3n) is 2.97. The topological polar surface area (TPSA) is 46.2 Å². The summed E-state index contributed by atoms with van der Waals surface area (Å²) in [5, 5.41) is 0. The average molecular weight is 377 g/mol. The largest absolute Gasteiger partial charge is 0.376 e. The van der Waals surface area contributed by atoms with Gasteiger partial charge in [0, 0.05) is 0 Å². The minimum absolute atomic E-state index is 0.115. The monoisotopic (exact) mass is 376 g/mol. The van der Waals surface area contributed by atoms with Gasteiger partial charge in [0.05, 0.1) is 49.3 Å². The van der Waals surface area contributed by atoms with Crippen molar-refractivity contribution in [3.05, 3.63) is 0 Å². The maximum atomic E-state index is 6.09. The molecule has 5 heteroatoms. The summed E-state index contributed by atoms with van der Waals surface area (Å²) in [6.45, 7) is 24.3. The molecule has 0 aliphatic rings. The zero-order valence-electron chi connectivity index (χ0n) is 19.1. The fraction of sp³-hybridized carbons (Fsp3) is 1.00. The van der Waals surface area contributed by atoms with E-state index in [1.54, 1.807) is 0 Å². The maximum absolute atomic E-state index is 6.09. The van der Waals surface area contributed by atoms with Crippen LogP contribution in [0.2, 0.25) is 0 Å². The fourth-order valence-corrected chi connectivity index (χ4v) is 2.21. The van der Waals surface area contributed by atoms with Crippen LogP contribution >= 0.6 is 0 Å². The van der Waals surface area contributed by atoms with Crippen molar-refractivity contribution < 1.29 is 23.7 Å². The predicted octanol–water partition coefficient (Wildman–Crippen LogP) is 4.61. The minimum atomic E-state index is -0.253. The van der Waals surface area contributed by atoms with E-state index in [4.69, 9.17) is 23.7 Å². The molecule has 0 aromatic carbocycles. The van der Waals surface area contributed by atoms with Crippen molar-refractivity contribution in [3.8, 4) is 0 Å². The molecule has 0 aliphatic carbocycles. The van der Waals surface area contributed by atoms with Gasteiger partial charge in [0.15, 0.2) is 0 Å². The second-order valence-electron chi connectivity index (χ2n) is 10.0. The van der Waals surface area contributed by atoms with Crippen molar-refractivity contribution in [2.24, 2.45) is 0 Å². The zero-order valence-corrected chi connectivity index (χ0v) is 19.1. The first kappa shape index (κ1) is 25.8. The number of ether oxygens (including phenoxy) is 5. The Morgan fingerprint density at radius 2 is 1.00 bits per heavy atom. The molecule has 0 bridgehead atoms. The van der Waals surface area contributed by atoms with Crippen LogP contribution in [0.15, 0.2) is 0 Å². The van der Waals surface area contributed by atoms with Gasteiger partial charge in [0.25, 0.3) is 0 Å². The normalized spacial score (nSPS) is 16.2. The summed E-state index contributed by atoms with van der Waals surface area (Å²) in [6.07, 6.45) is -0.0787. The molecule has 0 fully saturated rings. The molecular formula is C21H44O5. The van der Waals surface area contributed by atoms with Crippen molar-refractivity contribution in [2.75, 3.05) is 26.4 Å². The van der Waals surface area contributed by atoms with Gasteiger partial charge in [-0.15, -0.1) is 0 Å². The molecular weight excluding hydrogens is 332 g/mol. The van der Waals surface area contributed by atoms with Gasteiger partial charge in [-0.25, -0.2) is 0 Å². The molecule has 0 saturated heterocycles.